The van der Waals surface area contributed by atoms with E-state index in [9.17, 15) is 4.79 Å². The van der Waals surface area contributed by atoms with E-state index in [1.165, 1.54) is 0 Å². The van der Waals surface area contributed by atoms with Crippen LogP contribution in [0.4, 0.5) is 5.69 Å². The number of nitrogen functional groups attached to an aromatic ring is 1. The number of anilines is 1. The zero-order chi connectivity index (χ0) is 15.4. The summed E-state index contributed by atoms with van der Waals surface area (Å²) >= 11 is 6.05. The molecule has 0 radical (unpaired) electrons. The van der Waals surface area contributed by atoms with Crippen molar-refractivity contribution in [3.05, 3.63) is 52.5 Å². The maximum Gasteiger partial charge on any atom is 0.168 e. The van der Waals surface area contributed by atoms with E-state index >= 15 is 0 Å². The topological polar surface area (TPSA) is 61.5 Å². The largest absolute Gasteiger partial charge is 0.493 e. The molecule has 0 saturated heterocycles. The number of benzene rings is 2. The Balaban J connectivity index is 2.23. The summed E-state index contributed by atoms with van der Waals surface area (Å²) in [5.74, 6) is 1.14. The normalized spacial score (nSPS) is 10.2. The average Bonchev–Trinajstić information content (AvgIpc) is 2.46. The van der Waals surface area contributed by atoms with Gasteiger partial charge in [0.1, 0.15) is 0 Å². The minimum Gasteiger partial charge on any atom is -0.493 e. The first-order valence-electron chi connectivity index (χ1n) is 6.34. The van der Waals surface area contributed by atoms with Crippen molar-refractivity contribution in [1.29, 1.82) is 0 Å². The lowest BCUT2D eigenvalue weighted by molar-refractivity contribution is 0.0993. The summed E-state index contributed by atoms with van der Waals surface area (Å²) in [5, 5.41) is 0.362. The molecule has 2 aromatic carbocycles. The van der Waals surface area contributed by atoms with Gasteiger partial charge >= 0.3 is 0 Å². The van der Waals surface area contributed by atoms with E-state index in [4.69, 9.17) is 26.8 Å². The van der Waals surface area contributed by atoms with Crippen molar-refractivity contribution in [3.63, 3.8) is 0 Å². The predicted molar refractivity (Wildman–Crippen MR) is 83.4 cm³/mol. The van der Waals surface area contributed by atoms with Crippen molar-refractivity contribution in [2.24, 2.45) is 0 Å². The van der Waals surface area contributed by atoms with Crippen molar-refractivity contribution in [2.45, 2.75) is 6.42 Å². The second-order valence-electron chi connectivity index (χ2n) is 4.53. The number of hydrogen-bond acceptors (Lipinski definition) is 4. The number of methoxy groups -OCH3 is 2. The van der Waals surface area contributed by atoms with Gasteiger partial charge in [-0.3, -0.25) is 4.79 Å². The van der Waals surface area contributed by atoms with Crippen LogP contribution in [0.25, 0.3) is 0 Å². The number of nitrogens with two attached hydrogens (primary N) is 1. The van der Waals surface area contributed by atoms with E-state index in [0.29, 0.717) is 27.8 Å². The lowest BCUT2D eigenvalue weighted by Crippen LogP contribution is -2.05. The molecule has 0 unspecified atom stereocenters. The number of ketones is 1. The fraction of sp³-hybridized carbons (Fsp3) is 0.188. The fourth-order valence-corrected chi connectivity index (χ4v) is 2.32. The molecule has 2 aromatic rings. The van der Waals surface area contributed by atoms with Gasteiger partial charge in [0.05, 0.1) is 19.2 Å². The van der Waals surface area contributed by atoms with Crippen LogP contribution in [0.15, 0.2) is 36.4 Å². The molecule has 4 nitrogen and oxygen atoms in total. The number of Topliss-reactive ketones (excluding diaryl/α,β-unsaturated/α-hetero) is 1. The number of hydrogen-bond donors (Lipinski definition) is 1. The first kappa shape index (κ1) is 15.2. The van der Waals surface area contributed by atoms with Crippen LogP contribution in [0.1, 0.15) is 15.9 Å². The van der Waals surface area contributed by atoms with Crippen LogP contribution in [0.2, 0.25) is 5.02 Å². The summed E-state index contributed by atoms with van der Waals surface area (Å²) in [4.78, 5) is 12.3. The van der Waals surface area contributed by atoms with Crippen LogP contribution in [-0.2, 0) is 6.42 Å². The van der Waals surface area contributed by atoms with Gasteiger partial charge in [0.25, 0.3) is 0 Å². The zero-order valence-corrected chi connectivity index (χ0v) is 12.6. The van der Waals surface area contributed by atoms with Crippen LogP contribution in [0.5, 0.6) is 11.5 Å². The van der Waals surface area contributed by atoms with Crippen molar-refractivity contribution in [3.8, 4) is 11.5 Å². The van der Waals surface area contributed by atoms with E-state index in [1.54, 1.807) is 44.6 Å². The highest BCUT2D eigenvalue weighted by atomic mass is 35.5. The summed E-state index contributed by atoms with van der Waals surface area (Å²) < 4.78 is 10.4. The molecule has 0 aromatic heterocycles. The minimum atomic E-state index is -0.0766. The zero-order valence-electron chi connectivity index (χ0n) is 11.9. The van der Waals surface area contributed by atoms with Gasteiger partial charge in [-0.2, -0.15) is 0 Å². The molecular formula is C16H16ClNO3. The van der Waals surface area contributed by atoms with Crippen LogP contribution < -0.4 is 15.2 Å². The molecule has 0 aliphatic rings. The lowest BCUT2D eigenvalue weighted by atomic mass is 10.0. The Kier molecular flexibility index (Phi) is 4.70. The summed E-state index contributed by atoms with van der Waals surface area (Å²) in [6, 6.07) is 10.2. The van der Waals surface area contributed by atoms with E-state index in [2.05, 4.69) is 0 Å². The molecule has 0 atom stereocenters. The first-order valence-corrected chi connectivity index (χ1v) is 6.72. The van der Waals surface area contributed by atoms with Gasteiger partial charge < -0.3 is 15.2 Å². The molecule has 5 heteroatoms. The highest BCUT2D eigenvalue weighted by molar-refractivity contribution is 6.34. The van der Waals surface area contributed by atoms with Gasteiger partial charge in [-0.05, 0) is 35.9 Å². The van der Waals surface area contributed by atoms with Crippen LogP contribution in [0.3, 0.4) is 0 Å². The molecule has 0 saturated carbocycles. The summed E-state index contributed by atoms with van der Waals surface area (Å²) in [6.45, 7) is 0. The van der Waals surface area contributed by atoms with Gasteiger partial charge in [0, 0.05) is 17.7 Å². The summed E-state index contributed by atoms with van der Waals surface area (Å²) in [7, 11) is 3.12. The summed E-state index contributed by atoms with van der Waals surface area (Å²) in [6.07, 6.45) is 0.226. The lowest BCUT2D eigenvalue weighted by Gasteiger charge is -2.10. The molecule has 0 heterocycles. The number of rotatable bonds is 5. The van der Waals surface area contributed by atoms with Gasteiger partial charge in [-0.15, -0.1) is 0 Å². The molecule has 0 amide bonds. The molecule has 2 N–H and O–H groups in total. The van der Waals surface area contributed by atoms with Crippen LogP contribution in [0, 0.1) is 0 Å². The molecule has 2 rings (SSSR count). The van der Waals surface area contributed by atoms with E-state index < -0.39 is 0 Å². The minimum absolute atomic E-state index is 0.0766. The van der Waals surface area contributed by atoms with Crippen molar-refractivity contribution < 1.29 is 14.3 Å². The molecule has 0 aliphatic heterocycles. The standard InChI is InChI=1S/C16H16ClNO3/c1-20-15-6-3-10(8-16(15)21-2)7-14(19)12-5-4-11(18)9-13(12)17/h3-6,8-9H,7,18H2,1-2H3. The van der Waals surface area contributed by atoms with Crippen LogP contribution >= 0.6 is 11.6 Å². The predicted octanol–water partition coefficient (Wildman–Crippen LogP) is 3.36. The second-order valence-corrected chi connectivity index (χ2v) is 4.94. The number of carbonyl (C=O) groups is 1. The average molecular weight is 306 g/mol. The fourth-order valence-electron chi connectivity index (χ4n) is 2.03. The Morgan fingerprint density at radius 1 is 1.10 bits per heavy atom. The Bertz CT molecular complexity index is 671. The Morgan fingerprint density at radius 2 is 1.81 bits per heavy atom. The first-order chi connectivity index (χ1) is 10.0. The molecule has 0 fully saturated rings. The number of carbonyl (C=O) groups excluding carboxylic acids is 1. The third-order valence-corrected chi connectivity index (χ3v) is 3.42. The second kappa shape index (κ2) is 6.50. The van der Waals surface area contributed by atoms with Crippen molar-refractivity contribution in [2.75, 3.05) is 20.0 Å². The molecule has 0 spiro atoms. The van der Waals surface area contributed by atoms with Crippen LogP contribution in [-0.4, -0.2) is 20.0 Å². The van der Waals surface area contributed by atoms with Gasteiger partial charge in [-0.1, -0.05) is 17.7 Å². The van der Waals surface area contributed by atoms with Gasteiger partial charge in [0.15, 0.2) is 17.3 Å². The monoisotopic (exact) mass is 305 g/mol. The van der Waals surface area contributed by atoms with Crippen molar-refractivity contribution in [1.82, 2.24) is 0 Å². The van der Waals surface area contributed by atoms with Gasteiger partial charge in [-0.25, -0.2) is 0 Å². The van der Waals surface area contributed by atoms with Crippen molar-refractivity contribution >= 4 is 23.1 Å². The maximum absolute atomic E-state index is 12.3. The third kappa shape index (κ3) is 3.47. The number of ether oxygens (including phenoxy) is 2. The van der Waals surface area contributed by atoms with E-state index in [-0.39, 0.29) is 12.2 Å². The van der Waals surface area contributed by atoms with Gasteiger partial charge in [0.2, 0.25) is 0 Å². The Labute approximate surface area is 128 Å². The maximum atomic E-state index is 12.3. The number of halogens is 1. The SMILES string of the molecule is COc1ccc(CC(=O)c2ccc(N)cc2Cl)cc1OC. The Hall–Kier alpha value is -2.20. The smallest absolute Gasteiger partial charge is 0.168 e. The molecule has 0 aliphatic carbocycles. The highest BCUT2D eigenvalue weighted by Gasteiger charge is 2.13. The van der Waals surface area contributed by atoms with E-state index in [1.807, 2.05) is 6.07 Å². The Morgan fingerprint density at radius 3 is 2.43 bits per heavy atom. The molecule has 110 valence electrons. The molecule has 21 heavy (non-hydrogen) atoms. The highest BCUT2D eigenvalue weighted by Crippen LogP contribution is 2.28. The quantitative estimate of drug-likeness (QED) is 0.679. The molecule has 0 bridgehead atoms. The molecular weight excluding hydrogens is 290 g/mol. The third-order valence-electron chi connectivity index (χ3n) is 3.11. The van der Waals surface area contributed by atoms with E-state index in [0.717, 1.165) is 5.56 Å². The summed E-state index contributed by atoms with van der Waals surface area (Å²) in [5.41, 5.74) is 7.44.